The third-order valence-electron chi connectivity index (χ3n) is 10.7. The number of hydrogen-bond donors (Lipinski definition) is 0. The van der Waals surface area contributed by atoms with Crippen molar-refractivity contribution in [3.63, 3.8) is 0 Å². The van der Waals surface area contributed by atoms with Crippen molar-refractivity contribution in [2.75, 3.05) is 32.1 Å². The maximum absolute atomic E-state index is 15.4. The van der Waals surface area contributed by atoms with Crippen molar-refractivity contribution in [3.8, 4) is 11.1 Å². The molecule has 0 radical (unpaired) electrons. The third-order valence-corrected chi connectivity index (χ3v) is 15.0. The number of rotatable bonds is 7. The van der Waals surface area contributed by atoms with Crippen molar-refractivity contribution in [3.05, 3.63) is 87.3 Å². The second kappa shape index (κ2) is 11.6. The van der Waals surface area contributed by atoms with E-state index >= 15 is 4.39 Å². The van der Waals surface area contributed by atoms with Crippen LogP contribution in [-0.2, 0) is 26.2 Å². The molecule has 0 amide bonds. The topological polar surface area (TPSA) is 91.8 Å². The minimum atomic E-state index is -3.88. The van der Waals surface area contributed by atoms with E-state index in [4.69, 9.17) is 0 Å². The first-order valence-electron chi connectivity index (χ1n) is 16.5. The number of halogens is 2. The van der Waals surface area contributed by atoms with E-state index < -0.39 is 36.6 Å². The van der Waals surface area contributed by atoms with Gasteiger partial charge in [0.15, 0.2) is 21.4 Å². The Kier molecular flexibility index (Phi) is 7.99. The van der Waals surface area contributed by atoms with Crippen molar-refractivity contribution >= 4 is 31.1 Å². The van der Waals surface area contributed by atoms with Crippen molar-refractivity contribution in [1.82, 2.24) is 4.90 Å². The molecule has 0 spiro atoms. The highest BCUT2D eigenvalue weighted by atomic mass is 32.2. The van der Waals surface area contributed by atoms with Gasteiger partial charge in [-0.05, 0) is 111 Å². The molecule has 1 atom stereocenters. The Morgan fingerprint density at radius 1 is 0.833 bits per heavy atom. The lowest BCUT2D eigenvalue weighted by molar-refractivity contribution is 0.104. The van der Waals surface area contributed by atoms with Gasteiger partial charge in [-0.1, -0.05) is 26.0 Å². The summed E-state index contributed by atoms with van der Waals surface area (Å²) in [6.07, 6.45) is 3.73. The predicted octanol–water partition coefficient (Wildman–Crippen LogP) is 6.94. The van der Waals surface area contributed by atoms with Crippen LogP contribution in [0.4, 0.5) is 14.5 Å². The monoisotopic (exact) mass is 694 g/mol. The third kappa shape index (κ3) is 5.51. The zero-order chi connectivity index (χ0) is 34.3. The maximum Gasteiger partial charge on any atom is 0.203 e. The van der Waals surface area contributed by atoms with Crippen LogP contribution in [-0.4, -0.2) is 60.0 Å². The first-order valence-corrected chi connectivity index (χ1v) is 19.5. The Bertz CT molecular complexity index is 2110. The molecule has 7 rings (SSSR count). The molecule has 48 heavy (non-hydrogen) atoms. The van der Waals surface area contributed by atoms with Crippen molar-refractivity contribution in [2.45, 2.75) is 74.0 Å². The van der Waals surface area contributed by atoms with Crippen LogP contribution in [0, 0.1) is 23.0 Å². The van der Waals surface area contributed by atoms with Crippen LogP contribution in [0.25, 0.3) is 11.1 Å². The van der Waals surface area contributed by atoms with Crippen LogP contribution in [0.1, 0.15) is 73.9 Å². The fraction of sp³-hybridized carbons (Fsp3) is 0.432. The summed E-state index contributed by atoms with van der Waals surface area (Å²) in [4.78, 5) is 17.7. The SMILES string of the molecule is CN(C)Cc1c(F)ccc(N2CCC3=C(S(=O)(=O)c4ccc5c(c4)C(=O)c4cc(S(=O)(=O)C6CCC(C)(C)CC6)ccc4-5)C3CC2)c1F. The quantitative estimate of drug-likeness (QED) is 0.207. The first-order chi connectivity index (χ1) is 22.6. The van der Waals surface area contributed by atoms with Crippen molar-refractivity contribution in [2.24, 2.45) is 11.3 Å². The molecular formula is C37H40F2N2O5S2. The molecule has 0 N–H and O–H groups in total. The molecule has 11 heteroatoms. The molecule has 1 saturated heterocycles. The van der Waals surface area contributed by atoms with Gasteiger partial charge in [-0.15, -0.1) is 0 Å². The van der Waals surface area contributed by atoms with E-state index in [2.05, 4.69) is 13.8 Å². The summed E-state index contributed by atoms with van der Waals surface area (Å²) in [6.45, 7) is 5.25. The highest BCUT2D eigenvalue weighted by Crippen LogP contribution is 2.52. The number of sulfone groups is 2. The molecule has 1 aliphatic heterocycles. The number of benzene rings is 3. The normalized spacial score (nSPS) is 20.9. The summed E-state index contributed by atoms with van der Waals surface area (Å²) in [6, 6.07) is 12.0. The standard InChI is InChI=1S/C37H40F2N2O5S2/c1-37(2)15-11-22(12-16-37)47(43,44)23-5-7-25-26-8-6-24(20-30(26)35(42)29(25)19-23)48(45,46)36-27-13-17-41(18-14-28(27)36)33-10-9-32(38)31(34(33)39)21-40(3)4/h5-10,19-20,22,27H,11-18,21H2,1-4H3. The van der Waals surface area contributed by atoms with Gasteiger partial charge in [-0.2, -0.15) is 0 Å². The molecule has 2 fully saturated rings. The number of hydrogen-bond acceptors (Lipinski definition) is 7. The van der Waals surface area contributed by atoms with Crippen LogP contribution in [0.15, 0.2) is 68.8 Å². The van der Waals surface area contributed by atoms with E-state index in [-0.39, 0.29) is 50.1 Å². The number of carbonyl (C=O) groups excluding carboxylic acids is 1. The lowest BCUT2D eigenvalue weighted by Crippen LogP contribution is -2.30. The van der Waals surface area contributed by atoms with Crippen LogP contribution in [0.3, 0.4) is 0 Å². The van der Waals surface area contributed by atoms with E-state index in [1.54, 1.807) is 37.2 Å². The van der Waals surface area contributed by atoms with E-state index in [0.29, 0.717) is 60.5 Å². The molecule has 3 aromatic rings. The van der Waals surface area contributed by atoms with E-state index in [0.717, 1.165) is 18.4 Å². The molecule has 4 aliphatic rings. The number of nitrogens with zero attached hydrogens (tertiary/aromatic N) is 2. The average molecular weight is 695 g/mol. The minimum Gasteiger partial charge on any atom is -0.369 e. The summed E-state index contributed by atoms with van der Waals surface area (Å²) in [7, 11) is -4.02. The molecule has 1 saturated carbocycles. The summed E-state index contributed by atoms with van der Waals surface area (Å²) >= 11 is 0. The Labute approximate surface area is 281 Å². The average Bonchev–Trinajstić information content (AvgIpc) is 3.72. The number of allylic oxidation sites excluding steroid dienone is 1. The zero-order valence-corrected chi connectivity index (χ0v) is 29.3. The molecule has 1 heterocycles. The van der Waals surface area contributed by atoms with Gasteiger partial charge in [-0.3, -0.25) is 4.79 Å². The van der Waals surface area contributed by atoms with Crippen LogP contribution >= 0.6 is 0 Å². The van der Waals surface area contributed by atoms with Crippen molar-refractivity contribution < 1.29 is 30.4 Å². The van der Waals surface area contributed by atoms with Crippen molar-refractivity contribution in [1.29, 1.82) is 0 Å². The number of ketones is 1. The van der Waals surface area contributed by atoms with E-state index in [9.17, 15) is 26.0 Å². The Hall–Kier alpha value is -3.41. The van der Waals surface area contributed by atoms with Gasteiger partial charge in [0, 0.05) is 42.2 Å². The van der Waals surface area contributed by atoms with Crippen LogP contribution in [0.2, 0.25) is 0 Å². The maximum atomic E-state index is 15.4. The lowest BCUT2D eigenvalue weighted by Gasteiger charge is -2.34. The molecule has 7 nitrogen and oxygen atoms in total. The zero-order valence-electron chi connectivity index (χ0n) is 27.6. The second-order valence-electron chi connectivity index (χ2n) is 14.7. The van der Waals surface area contributed by atoms with Crippen LogP contribution < -0.4 is 4.90 Å². The minimum absolute atomic E-state index is 0.00823. The smallest absolute Gasteiger partial charge is 0.203 e. The fourth-order valence-electron chi connectivity index (χ4n) is 7.83. The summed E-state index contributed by atoms with van der Waals surface area (Å²) < 4.78 is 84.6. The highest BCUT2D eigenvalue weighted by Gasteiger charge is 2.47. The molecule has 3 aliphatic carbocycles. The van der Waals surface area contributed by atoms with E-state index in [1.165, 1.54) is 30.3 Å². The Balaban J connectivity index is 1.10. The second-order valence-corrected chi connectivity index (χ2v) is 18.9. The molecule has 1 unspecified atom stereocenters. The van der Waals surface area contributed by atoms with Gasteiger partial charge in [0.05, 0.1) is 25.6 Å². The van der Waals surface area contributed by atoms with Gasteiger partial charge in [0.1, 0.15) is 5.82 Å². The van der Waals surface area contributed by atoms with E-state index in [1.807, 2.05) is 4.90 Å². The number of carbonyl (C=O) groups is 1. The van der Waals surface area contributed by atoms with Gasteiger partial charge < -0.3 is 9.80 Å². The first kappa shape index (κ1) is 33.1. The summed E-state index contributed by atoms with van der Waals surface area (Å²) in [5.74, 6) is -1.83. The Morgan fingerprint density at radius 3 is 2.10 bits per heavy atom. The predicted molar refractivity (Wildman–Crippen MR) is 181 cm³/mol. The number of fused-ring (bicyclic) bond motifs is 4. The molecular weight excluding hydrogens is 655 g/mol. The van der Waals surface area contributed by atoms with Gasteiger partial charge >= 0.3 is 0 Å². The largest absolute Gasteiger partial charge is 0.369 e. The molecule has 0 bridgehead atoms. The number of anilines is 1. The summed E-state index contributed by atoms with van der Waals surface area (Å²) in [5.41, 5.74) is 2.96. The summed E-state index contributed by atoms with van der Waals surface area (Å²) in [5, 5.41) is -0.484. The molecule has 3 aromatic carbocycles. The Morgan fingerprint density at radius 2 is 1.46 bits per heavy atom. The van der Waals surface area contributed by atoms with Gasteiger partial charge in [0.2, 0.25) is 9.84 Å². The van der Waals surface area contributed by atoms with Gasteiger partial charge in [0.25, 0.3) is 0 Å². The lowest BCUT2D eigenvalue weighted by atomic mass is 9.77. The van der Waals surface area contributed by atoms with Gasteiger partial charge in [-0.25, -0.2) is 25.6 Å². The highest BCUT2D eigenvalue weighted by molar-refractivity contribution is 7.95. The fourth-order valence-corrected chi connectivity index (χ4v) is 11.5. The molecule has 0 aromatic heterocycles. The van der Waals surface area contributed by atoms with Crippen LogP contribution in [0.5, 0.6) is 0 Å². The molecule has 254 valence electrons.